The summed E-state index contributed by atoms with van der Waals surface area (Å²) in [4.78, 5) is 61.5. The van der Waals surface area contributed by atoms with E-state index in [1.165, 1.54) is 16.7 Å². The molecule has 1 aliphatic heterocycles. The van der Waals surface area contributed by atoms with E-state index in [1.54, 1.807) is 42.5 Å². The van der Waals surface area contributed by atoms with Crippen molar-refractivity contribution in [1.29, 1.82) is 0 Å². The molecule has 2 aromatic rings. The Labute approximate surface area is 226 Å². The third-order valence-electron chi connectivity index (χ3n) is 5.51. The zero-order valence-corrected chi connectivity index (χ0v) is 21.6. The first kappa shape index (κ1) is 28.3. The zero-order valence-electron chi connectivity index (χ0n) is 19.3. The summed E-state index contributed by atoms with van der Waals surface area (Å²) in [5.41, 5.74) is 1.14. The molecule has 1 heterocycles. The van der Waals surface area contributed by atoms with Crippen molar-refractivity contribution in [2.24, 2.45) is 0 Å². The topological polar surface area (TPSA) is 153 Å². The van der Waals surface area contributed by atoms with Gasteiger partial charge in [-0.1, -0.05) is 41.4 Å². The van der Waals surface area contributed by atoms with Crippen LogP contribution in [0.4, 0.5) is 5.69 Å². The van der Waals surface area contributed by atoms with E-state index in [-0.39, 0.29) is 46.5 Å². The van der Waals surface area contributed by atoms with Crippen molar-refractivity contribution in [2.75, 3.05) is 16.9 Å². The predicted octanol–water partition coefficient (Wildman–Crippen LogP) is 3.12. The fourth-order valence-electron chi connectivity index (χ4n) is 3.60. The van der Waals surface area contributed by atoms with Crippen LogP contribution in [0.2, 0.25) is 10.0 Å². The fourth-order valence-corrected chi connectivity index (χ4v) is 5.35. The predicted molar refractivity (Wildman–Crippen MR) is 139 cm³/mol. The lowest BCUT2D eigenvalue weighted by Gasteiger charge is -2.24. The van der Waals surface area contributed by atoms with Gasteiger partial charge in [-0.15, -0.1) is 11.8 Å². The molecule has 4 N–H and O–H groups in total. The number of carboxylic acids is 2. The summed E-state index contributed by atoms with van der Waals surface area (Å²) in [5.74, 6) is -3.48. The third-order valence-corrected chi connectivity index (χ3v) is 7.16. The quantitative estimate of drug-likeness (QED) is 0.341. The van der Waals surface area contributed by atoms with E-state index in [1.807, 2.05) is 0 Å². The number of anilines is 1. The summed E-state index contributed by atoms with van der Waals surface area (Å²) >= 11 is 13.5. The number of hydrogen-bond donors (Lipinski definition) is 4. The molecule has 0 spiro atoms. The fraction of sp³-hybridized carbons (Fsp3) is 0.292. The molecule has 3 amide bonds. The van der Waals surface area contributed by atoms with Gasteiger partial charge in [0.25, 0.3) is 5.91 Å². The van der Waals surface area contributed by atoms with Crippen LogP contribution >= 0.6 is 35.0 Å². The Morgan fingerprint density at radius 2 is 1.65 bits per heavy atom. The summed E-state index contributed by atoms with van der Waals surface area (Å²) < 4.78 is 0. The van der Waals surface area contributed by atoms with Crippen LogP contribution in [0.25, 0.3) is 0 Å². The number of carbonyl (C=O) groups excluding carboxylic acids is 3. The number of carboxylic acid groups (broad SMARTS) is 2. The summed E-state index contributed by atoms with van der Waals surface area (Å²) in [6.07, 6.45) is -0.639. The number of halogens is 2. The lowest BCUT2D eigenvalue weighted by molar-refractivity contribution is -0.145. The largest absolute Gasteiger partial charge is 0.481 e. The van der Waals surface area contributed by atoms with Crippen molar-refractivity contribution in [3.63, 3.8) is 0 Å². The van der Waals surface area contributed by atoms with Gasteiger partial charge in [0.05, 0.1) is 27.9 Å². The molecule has 0 aromatic heterocycles. The Morgan fingerprint density at radius 3 is 2.24 bits per heavy atom. The third kappa shape index (κ3) is 7.61. The van der Waals surface area contributed by atoms with Crippen molar-refractivity contribution in [3.05, 3.63) is 63.6 Å². The van der Waals surface area contributed by atoms with Crippen molar-refractivity contribution in [1.82, 2.24) is 10.2 Å². The lowest BCUT2D eigenvalue weighted by atomic mass is 10.0. The highest BCUT2D eigenvalue weighted by molar-refractivity contribution is 7.99. The normalized spacial score (nSPS) is 15.6. The van der Waals surface area contributed by atoms with Gasteiger partial charge in [0.1, 0.15) is 12.1 Å². The maximum Gasteiger partial charge on any atom is 0.326 e. The van der Waals surface area contributed by atoms with Crippen LogP contribution < -0.4 is 10.6 Å². The molecule has 2 aromatic carbocycles. The Hall–Kier alpha value is -3.28. The van der Waals surface area contributed by atoms with E-state index in [0.717, 1.165) is 0 Å². The number of benzene rings is 2. The average molecular weight is 568 g/mol. The molecule has 3 rings (SSSR count). The van der Waals surface area contributed by atoms with E-state index < -0.39 is 41.7 Å². The minimum atomic E-state index is -1.27. The molecule has 13 heteroatoms. The molecule has 0 bridgehead atoms. The van der Waals surface area contributed by atoms with Crippen LogP contribution in [0.1, 0.15) is 28.8 Å². The second-order valence-corrected chi connectivity index (χ2v) is 9.94. The number of amides is 3. The van der Waals surface area contributed by atoms with E-state index in [2.05, 4.69) is 10.6 Å². The van der Waals surface area contributed by atoms with Crippen molar-refractivity contribution < 1.29 is 34.2 Å². The average Bonchev–Trinajstić information content (AvgIpc) is 3.33. The number of hydrogen-bond acceptors (Lipinski definition) is 6. The van der Waals surface area contributed by atoms with Gasteiger partial charge in [0, 0.05) is 24.3 Å². The Balaban J connectivity index is 1.62. The first-order valence-electron chi connectivity index (χ1n) is 11.0. The molecule has 37 heavy (non-hydrogen) atoms. The summed E-state index contributed by atoms with van der Waals surface area (Å²) in [7, 11) is 0. The number of carbonyl (C=O) groups is 5. The minimum absolute atomic E-state index is 0.0432. The standard InChI is InChI=1S/C24H23Cl2N3O7S/c25-15-2-1-3-16(26)21(15)23(34)27-14-6-4-13(5-7-14)10-17(24(35)36)28-22(33)18-11-37-12-29(18)19(30)8-9-20(31)32/h1-7,17-18H,8-12H2,(H,27,34)(H,28,33)(H,31,32)(H,35,36)/t17-,18-/m0/s1. The first-order valence-corrected chi connectivity index (χ1v) is 12.9. The highest BCUT2D eigenvalue weighted by Gasteiger charge is 2.36. The molecule has 1 aliphatic rings. The molecule has 10 nitrogen and oxygen atoms in total. The van der Waals surface area contributed by atoms with Gasteiger partial charge in [-0.3, -0.25) is 19.2 Å². The van der Waals surface area contributed by atoms with Crippen LogP contribution in [0, 0.1) is 0 Å². The first-order chi connectivity index (χ1) is 17.6. The Kier molecular flexibility index (Phi) is 9.79. The number of rotatable bonds is 10. The molecule has 0 unspecified atom stereocenters. The van der Waals surface area contributed by atoms with Crippen LogP contribution in [-0.2, 0) is 25.6 Å². The highest BCUT2D eigenvalue weighted by atomic mass is 35.5. The summed E-state index contributed by atoms with van der Waals surface area (Å²) in [6.45, 7) is 0. The number of aliphatic carboxylic acids is 2. The van der Waals surface area contributed by atoms with E-state index >= 15 is 0 Å². The molecular weight excluding hydrogens is 545 g/mol. The zero-order chi connectivity index (χ0) is 27.1. The van der Waals surface area contributed by atoms with Crippen molar-refractivity contribution in [3.8, 4) is 0 Å². The van der Waals surface area contributed by atoms with Gasteiger partial charge >= 0.3 is 11.9 Å². The van der Waals surface area contributed by atoms with Crippen LogP contribution in [0.5, 0.6) is 0 Å². The van der Waals surface area contributed by atoms with Gasteiger partial charge in [0.15, 0.2) is 0 Å². The van der Waals surface area contributed by atoms with Gasteiger partial charge in [-0.25, -0.2) is 4.79 Å². The molecule has 1 saturated heterocycles. The van der Waals surface area contributed by atoms with Gasteiger partial charge in [0.2, 0.25) is 11.8 Å². The number of thioether (sulfide) groups is 1. The Morgan fingerprint density at radius 1 is 1.00 bits per heavy atom. The van der Waals surface area contributed by atoms with Crippen LogP contribution in [0.15, 0.2) is 42.5 Å². The van der Waals surface area contributed by atoms with Crippen molar-refractivity contribution in [2.45, 2.75) is 31.3 Å². The molecule has 2 atom stereocenters. The smallest absolute Gasteiger partial charge is 0.326 e. The maximum absolute atomic E-state index is 12.8. The van der Waals surface area contributed by atoms with E-state index in [0.29, 0.717) is 11.3 Å². The second kappa shape index (κ2) is 12.8. The SMILES string of the molecule is O=C(O)CCC(=O)N1CSC[C@H]1C(=O)N[C@@H](Cc1ccc(NC(=O)c2c(Cl)cccc2Cl)cc1)C(=O)O. The molecule has 0 aliphatic carbocycles. The van der Waals surface area contributed by atoms with Gasteiger partial charge < -0.3 is 25.7 Å². The van der Waals surface area contributed by atoms with Crippen molar-refractivity contribution >= 4 is 70.3 Å². The Bertz CT molecular complexity index is 1190. The van der Waals surface area contributed by atoms with Gasteiger partial charge in [-0.05, 0) is 29.8 Å². The highest BCUT2D eigenvalue weighted by Crippen LogP contribution is 2.26. The number of nitrogens with zero attached hydrogens (tertiary/aromatic N) is 1. The molecule has 0 saturated carbocycles. The van der Waals surface area contributed by atoms with Crippen LogP contribution in [0.3, 0.4) is 0 Å². The van der Waals surface area contributed by atoms with E-state index in [9.17, 15) is 29.1 Å². The lowest BCUT2D eigenvalue weighted by Crippen LogP contribution is -2.52. The monoisotopic (exact) mass is 567 g/mol. The summed E-state index contributed by atoms with van der Waals surface area (Å²) in [5, 5.41) is 24.0. The van der Waals surface area contributed by atoms with Crippen LogP contribution in [-0.4, -0.2) is 68.5 Å². The summed E-state index contributed by atoms with van der Waals surface area (Å²) in [6, 6.07) is 8.93. The number of nitrogens with one attached hydrogen (secondary N) is 2. The molecule has 0 radical (unpaired) electrons. The second-order valence-electron chi connectivity index (χ2n) is 8.12. The molecule has 196 valence electrons. The molecule has 1 fully saturated rings. The minimum Gasteiger partial charge on any atom is -0.481 e. The maximum atomic E-state index is 12.8. The van der Waals surface area contributed by atoms with Gasteiger partial charge in [-0.2, -0.15) is 0 Å². The van der Waals surface area contributed by atoms with E-state index in [4.69, 9.17) is 28.3 Å². The molecular formula is C24H23Cl2N3O7S.